The fraction of sp³-hybridized carbons (Fsp3) is 0.179. The number of nitro groups is 1. The third-order valence-corrected chi connectivity index (χ3v) is 5.42. The molecule has 200 valence electrons. The number of nitro benzene ring substituents is 1. The van der Waals surface area contributed by atoms with Crippen molar-refractivity contribution in [1.29, 1.82) is 0 Å². The van der Waals surface area contributed by atoms with E-state index in [4.69, 9.17) is 9.47 Å². The molecule has 0 fully saturated rings. The summed E-state index contributed by atoms with van der Waals surface area (Å²) < 4.78 is 10.1. The van der Waals surface area contributed by atoms with Gasteiger partial charge in [-0.15, -0.1) is 0 Å². The molecule has 3 aromatic carbocycles. The molecule has 0 bridgehead atoms. The Kier molecular flexibility index (Phi) is 9.74. The second kappa shape index (κ2) is 13.4. The van der Waals surface area contributed by atoms with Crippen LogP contribution in [0.4, 0.5) is 11.4 Å². The van der Waals surface area contributed by atoms with E-state index < -0.39 is 41.3 Å². The van der Waals surface area contributed by atoms with Gasteiger partial charge in [-0.2, -0.15) is 0 Å². The van der Waals surface area contributed by atoms with Gasteiger partial charge in [-0.05, 0) is 31.2 Å². The maximum Gasteiger partial charge on any atom is 0.338 e. The van der Waals surface area contributed by atoms with E-state index in [0.29, 0.717) is 11.3 Å². The predicted octanol–water partition coefficient (Wildman–Crippen LogP) is 4.17. The number of nitrogens with one attached hydrogen (secondary N) is 1. The first-order valence-corrected chi connectivity index (χ1v) is 11.8. The Morgan fingerprint density at radius 3 is 2.18 bits per heavy atom. The molecule has 39 heavy (non-hydrogen) atoms. The van der Waals surface area contributed by atoms with Crippen LogP contribution in [0.15, 0.2) is 78.9 Å². The van der Waals surface area contributed by atoms with Gasteiger partial charge in [0.2, 0.25) is 17.5 Å². The molecule has 0 heterocycles. The smallest absolute Gasteiger partial charge is 0.338 e. The molecule has 3 rings (SSSR count). The first-order chi connectivity index (χ1) is 18.6. The topological polar surface area (TPSA) is 159 Å². The molecule has 0 saturated heterocycles. The van der Waals surface area contributed by atoms with Crippen LogP contribution in [0, 0.1) is 10.1 Å². The summed E-state index contributed by atoms with van der Waals surface area (Å²) in [4.78, 5) is 71.1. The number of nitrogens with zero attached hydrogens (tertiary/aromatic N) is 1. The average Bonchev–Trinajstić information content (AvgIpc) is 2.95. The molecule has 0 spiro atoms. The molecule has 0 radical (unpaired) electrons. The van der Waals surface area contributed by atoms with Crippen LogP contribution in [-0.4, -0.2) is 47.0 Å². The summed E-state index contributed by atoms with van der Waals surface area (Å²) in [7, 11) is 0. The number of ether oxygens (including phenoxy) is 2. The molecule has 0 saturated carbocycles. The van der Waals surface area contributed by atoms with Gasteiger partial charge in [0.15, 0.2) is 12.7 Å². The van der Waals surface area contributed by atoms with E-state index in [1.807, 2.05) is 0 Å². The van der Waals surface area contributed by atoms with Gasteiger partial charge in [-0.3, -0.25) is 29.3 Å². The van der Waals surface area contributed by atoms with E-state index in [1.54, 1.807) is 30.3 Å². The number of rotatable bonds is 12. The third kappa shape index (κ3) is 8.42. The van der Waals surface area contributed by atoms with Crippen LogP contribution in [0.1, 0.15) is 50.8 Å². The molecular formula is C28H24N2O9. The molecule has 11 heteroatoms. The summed E-state index contributed by atoms with van der Waals surface area (Å²) in [6.45, 7) is 0.866. The van der Waals surface area contributed by atoms with Crippen LogP contribution in [0.5, 0.6) is 0 Å². The standard InChI is InChI=1S/C28H24N2O9/c1-18(27(34)19-6-3-2-4-7-19)39-28(35)20-10-12-22(13-11-20)29-25(32)14-15-26(33)38-17-24(31)21-8-5-9-23(16-21)30(36)37/h2-13,16,18H,14-15,17H2,1H3,(H,29,32). The number of non-ortho nitro benzene ring substituents is 1. The third-order valence-electron chi connectivity index (χ3n) is 5.42. The minimum atomic E-state index is -0.986. The highest BCUT2D eigenvalue weighted by molar-refractivity contribution is 6.01. The number of hydrogen-bond acceptors (Lipinski definition) is 9. The Bertz CT molecular complexity index is 1390. The fourth-order valence-electron chi connectivity index (χ4n) is 3.34. The van der Waals surface area contributed by atoms with E-state index in [2.05, 4.69) is 5.32 Å². The van der Waals surface area contributed by atoms with E-state index in [0.717, 1.165) is 6.07 Å². The van der Waals surface area contributed by atoms with Gasteiger partial charge in [-0.1, -0.05) is 42.5 Å². The lowest BCUT2D eigenvalue weighted by molar-refractivity contribution is -0.384. The molecular weight excluding hydrogens is 508 g/mol. The summed E-state index contributed by atoms with van der Waals surface area (Å²) in [6.07, 6.45) is -1.51. The first-order valence-electron chi connectivity index (χ1n) is 11.8. The monoisotopic (exact) mass is 532 g/mol. The number of Topliss-reactive ketones (excluding diaryl/α,β-unsaturated/α-hetero) is 2. The van der Waals surface area contributed by atoms with Crippen molar-refractivity contribution in [3.05, 3.63) is 106 Å². The maximum absolute atomic E-state index is 12.4. The fourth-order valence-corrected chi connectivity index (χ4v) is 3.34. The quantitative estimate of drug-likeness (QED) is 0.156. The van der Waals surface area contributed by atoms with Crippen molar-refractivity contribution in [1.82, 2.24) is 0 Å². The summed E-state index contributed by atoms with van der Waals surface area (Å²) in [5.74, 6) is -2.95. The molecule has 1 amide bonds. The summed E-state index contributed by atoms with van der Waals surface area (Å²) in [5, 5.41) is 13.4. The van der Waals surface area contributed by atoms with Gasteiger partial charge in [-0.25, -0.2) is 4.79 Å². The zero-order valence-electron chi connectivity index (χ0n) is 20.8. The zero-order valence-corrected chi connectivity index (χ0v) is 20.8. The molecule has 1 unspecified atom stereocenters. The Morgan fingerprint density at radius 1 is 0.846 bits per heavy atom. The lowest BCUT2D eigenvalue weighted by atomic mass is 10.1. The Morgan fingerprint density at radius 2 is 1.51 bits per heavy atom. The molecule has 0 aliphatic rings. The number of hydrogen-bond donors (Lipinski definition) is 1. The molecule has 11 nitrogen and oxygen atoms in total. The normalized spacial score (nSPS) is 11.1. The van der Waals surface area contributed by atoms with Crippen LogP contribution in [0.3, 0.4) is 0 Å². The van der Waals surface area contributed by atoms with E-state index >= 15 is 0 Å². The molecule has 0 aliphatic carbocycles. The molecule has 1 N–H and O–H groups in total. The van der Waals surface area contributed by atoms with E-state index in [-0.39, 0.29) is 35.4 Å². The Labute approximate surface area is 222 Å². The van der Waals surface area contributed by atoms with Crippen LogP contribution >= 0.6 is 0 Å². The minimum absolute atomic E-state index is 0.0272. The number of amides is 1. The van der Waals surface area contributed by atoms with Crippen LogP contribution in [0.2, 0.25) is 0 Å². The van der Waals surface area contributed by atoms with Crippen molar-refractivity contribution in [2.75, 3.05) is 11.9 Å². The average molecular weight is 533 g/mol. The molecule has 3 aromatic rings. The SMILES string of the molecule is CC(OC(=O)c1ccc(NC(=O)CCC(=O)OCC(=O)c2cccc([N+](=O)[O-])c2)cc1)C(=O)c1ccccc1. The predicted molar refractivity (Wildman–Crippen MR) is 138 cm³/mol. The van der Waals surface area contributed by atoms with E-state index in [9.17, 15) is 34.1 Å². The second-order valence-electron chi connectivity index (χ2n) is 8.29. The van der Waals surface area contributed by atoms with Crippen molar-refractivity contribution in [3.63, 3.8) is 0 Å². The van der Waals surface area contributed by atoms with Crippen molar-refractivity contribution >= 4 is 40.8 Å². The maximum atomic E-state index is 12.4. The van der Waals surface area contributed by atoms with Crippen molar-refractivity contribution in [2.24, 2.45) is 0 Å². The lowest BCUT2D eigenvalue weighted by Crippen LogP contribution is -2.24. The van der Waals surface area contributed by atoms with Gasteiger partial charge in [0, 0.05) is 35.4 Å². The minimum Gasteiger partial charge on any atom is -0.457 e. The lowest BCUT2D eigenvalue weighted by Gasteiger charge is -2.12. The number of benzene rings is 3. The van der Waals surface area contributed by atoms with Gasteiger partial charge >= 0.3 is 11.9 Å². The van der Waals surface area contributed by atoms with Gasteiger partial charge in [0.25, 0.3) is 5.69 Å². The van der Waals surface area contributed by atoms with Gasteiger partial charge < -0.3 is 14.8 Å². The van der Waals surface area contributed by atoms with Gasteiger partial charge in [0.1, 0.15) is 0 Å². The van der Waals surface area contributed by atoms with Crippen molar-refractivity contribution in [3.8, 4) is 0 Å². The van der Waals surface area contributed by atoms with E-state index in [1.165, 1.54) is 49.4 Å². The largest absolute Gasteiger partial charge is 0.457 e. The van der Waals surface area contributed by atoms with Crippen LogP contribution in [-0.2, 0) is 19.1 Å². The van der Waals surface area contributed by atoms with Gasteiger partial charge in [0.05, 0.1) is 16.9 Å². The summed E-state index contributed by atoms with van der Waals surface area (Å²) in [6, 6.07) is 19.3. The highest BCUT2D eigenvalue weighted by Gasteiger charge is 2.20. The molecule has 0 aromatic heterocycles. The number of carbonyl (C=O) groups is 5. The Hall–Kier alpha value is -5.19. The molecule has 0 aliphatic heterocycles. The van der Waals surface area contributed by atoms with Crippen molar-refractivity contribution in [2.45, 2.75) is 25.9 Å². The highest BCUT2D eigenvalue weighted by atomic mass is 16.6. The number of esters is 2. The van der Waals surface area contributed by atoms with Crippen LogP contribution in [0.25, 0.3) is 0 Å². The number of anilines is 1. The number of ketones is 2. The zero-order chi connectivity index (χ0) is 28.4. The van der Waals surface area contributed by atoms with Crippen molar-refractivity contribution < 1.29 is 38.4 Å². The summed E-state index contributed by atoms with van der Waals surface area (Å²) in [5.41, 5.74) is 0.728. The summed E-state index contributed by atoms with van der Waals surface area (Å²) >= 11 is 0. The molecule has 1 atom stereocenters. The first kappa shape index (κ1) is 28.4. The highest BCUT2D eigenvalue weighted by Crippen LogP contribution is 2.15. The number of carbonyl (C=O) groups excluding carboxylic acids is 5. The second-order valence-corrected chi connectivity index (χ2v) is 8.29. The Balaban J connectivity index is 1.41. The van der Waals surface area contributed by atoms with Crippen LogP contribution < -0.4 is 5.32 Å².